The van der Waals surface area contributed by atoms with Gasteiger partial charge in [0.15, 0.2) is 11.2 Å². The van der Waals surface area contributed by atoms with Crippen molar-refractivity contribution < 1.29 is 9.53 Å². The minimum absolute atomic E-state index is 0.154. The lowest BCUT2D eigenvalue weighted by molar-refractivity contribution is -0.125. The van der Waals surface area contributed by atoms with Crippen LogP contribution < -0.4 is 15.4 Å². The number of rotatable bonds is 5. The monoisotopic (exact) mass is 501 g/mol. The van der Waals surface area contributed by atoms with Crippen LogP contribution in [0.4, 0.5) is 5.69 Å². The Labute approximate surface area is 204 Å². The van der Waals surface area contributed by atoms with Crippen LogP contribution in [0.3, 0.4) is 0 Å². The molecule has 4 aromatic rings. The number of hydrogen-bond acceptors (Lipinski definition) is 5. The third kappa shape index (κ3) is 5.19. The third-order valence-corrected chi connectivity index (χ3v) is 6.31. The van der Waals surface area contributed by atoms with E-state index in [9.17, 15) is 4.79 Å². The summed E-state index contributed by atoms with van der Waals surface area (Å²) in [5.41, 5.74) is 2.57. The van der Waals surface area contributed by atoms with E-state index in [1.165, 1.54) is 0 Å². The smallest absolute Gasteiger partial charge is 0.266 e. The Morgan fingerprint density at radius 3 is 2.62 bits per heavy atom. The van der Waals surface area contributed by atoms with Gasteiger partial charge in [0.25, 0.3) is 5.91 Å². The Morgan fingerprint density at radius 1 is 1.09 bits per heavy atom. The Hall–Kier alpha value is -2.71. The maximum atomic E-state index is 12.6. The van der Waals surface area contributed by atoms with Crippen molar-refractivity contribution in [2.24, 2.45) is 0 Å². The number of anilines is 1. The van der Waals surface area contributed by atoms with Gasteiger partial charge in [-0.3, -0.25) is 10.1 Å². The van der Waals surface area contributed by atoms with Crippen molar-refractivity contribution in [3.63, 3.8) is 0 Å². The zero-order valence-corrected chi connectivity index (χ0v) is 19.9. The molecule has 0 spiro atoms. The van der Waals surface area contributed by atoms with Crippen LogP contribution in [-0.2, 0) is 4.79 Å². The second-order valence-corrected chi connectivity index (χ2v) is 9.09. The van der Waals surface area contributed by atoms with Gasteiger partial charge in [0.2, 0.25) is 0 Å². The highest BCUT2D eigenvalue weighted by atomic mass is 35.5. The normalized spacial score (nSPS) is 11.7. The van der Waals surface area contributed by atoms with Gasteiger partial charge in [-0.15, -0.1) is 11.3 Å². The summed E-state index contributed by atoms with van der Waals surface area (Å²) >= 11 is 18.9. The molecule has 0 aliphatic carbocycles. The van der Waals surface area contributed by atoms with Crippen molar-refractivity contribution in [1.29, 1.82) is 0 Å². The molecule has 1 unspecified atom stereocenters. The summed E-state index contributed by atoms with van der Waals surface area (Å²) in [6.07, 6.45) is -0.826. The molecule has 1 aromatic heterocycles. The van der Waals surface area contributed by atoms with Gasteiger partial charge in [-0.25, -0.2) is 4.98 Å². The number of hydrogen-bond donors (Lipinski definition) is 2. The molecule has 1 amide bonds. The zero-order chi connectivity index (χ0) is 22.7. The van der Waals surface area contributed by atoms with Crippen LogP contribution in [0.1, 0.15) is 6.92 Å². The van der Waals surface area contributed by atoms with Crippen LogP contribution in [0.5, 0.6) is 5.75 Å². The predicted molar refractivity (Wildman–Crippen MR) is 136 cm³/mol. The van der Waals surface area contributed by atoms with E-state index in [0.717, 1.165) is 26.5 Å². The average molecular weight is 502 g/mol. The Bertz CT molecular complexity index is 1280. The Morgan fingerprint density at radius 2 is 1.84 bits per heavy atom. The largest absolute Gasteiger partial charge is 0.479 e. The third-order valence-electron chi connectivity index (χ3n) is 4.50. The first-order chi connectivity index (χ1) is 15.4. The first-order valence-electron chi connectivity index (χ1n) is 9.59. The van der Waals surface area contributed by atoms with Crippen LogP contribution in [-0.4, -0.2) is 22.1 Å². The number of thiazole rings is 1. The number of amides is 1. The number of ether oxygens (including phenoxy) is 1. The fraction of sp³-hybridized carbons (Fsp3) is 0.0870. The molecule has 1 heterocycles. The van der Waals surface area contributed by atoms with Gasteiger partial charge in [0, 0.05) is 10.6 Å². The number of fused-ring (bicyclic) bond motifs is 1. The average Bonchev–Trinajstić information content (AvgIpc) is 3.20. The summed E-state index contributed by atoms with van der Waals surface area (Å²) in [6, 6.07) is 20.4. The van der Waals surface area contributed by atoms with Crippen molar-refractivity contribution in [1.82, 2.24) is 10.3 Å². The lowest BCUT2D eigenvalue weighted by Gasteiger charge is -2.17. The van der Waals surface area contributed by atoms with Crippen molar-refractivity contribution in [2.45, 2.75) is 13.0 Å². The summed E-state index contributed by atoms with van der Waals surface area (Å²) in [7, 11) is 0. The number of nitrogens with zero attached hydrogens (tertiary/aromatic N) is 1. The molecule has 9 heteroatoms. The fourth-order valence-electron chi connectivity index (χ4n) is 2.95. The van der Waals surface area contributed by atoms with E-state index in [0.29, 0.717) is 15.8 Å². The molecule has 1 atom stereocenters. The summed E-state index contributed by atoms with van der Waals surface area (Å²) < 4.78 is 6.74. The minimum atomic E-state index is -0.826. The lowest BCUT2D eigenvalue weighted by Crippen LogP contribution is -2.42. The summed E-state index contributed by atoms with van der Waals surface area (Å²) in [5, 5.41) is 7.56. The van der Waals surface area contributed by atoms with Crippen molar-refractivity contribution in [2.75, 3.05) is 5.32 Å². The molecule has 3 aromatic carbocycles. The zero-order valence-electron chi connectivity index (χ0n) is 16.8. The SMILES string of the molecule is CC(Oc1ccc(Cl)cc1Cl)C(=O)NC(=S)Nc1ccccc1-c1nc2ccccc2s1. The molecule has 4 rings (SSSR count). The number of benzene rings is 3. The van der Waals surface area contributed by atoms with Crippen molar-refractivity contribution >= 4 is 73.7 Å². The van der Waals surface area contributed by atoms with Gasteiger partial charge >= 0.3 is 0 Å². The molecule has 0 fully saturated rings. The van der Waals surface area contributed by atoms with Gasteiger partial charge in [0.1, 0.15) is 10.8 Å². The highest BCUT2D eigenvalue weighted by molar-refractivity contribution is 7.80. The van der Waals surface area contributed by atoms with Crippen LogP contribution >= 0.6 is 46.8 Å². The number of nitrogens with one attached hydrogen (secondary N) is 2. The number of carbonyl (C=O) groups is 1. The van der Waals surface area contributed by atoms with E-state index in [1.54, 1.807) is 36.5 Å². The van der Waals surface area contributed by atoms with Gasteiger partial charge < -0.3 is 10.1 Å². The molecule has 0 saturated heterocycles. The number of aromatic nitrogens is 1. The van der Waals surface area contributed by atoms with Crippen LogP contribution in [0.15, 0.2) is 66.7 Å². The molecule has 0 saturated carbocycles. The molecule has 0 aliphatic rings. The summed E-state index contributed by atoms with van der Waals surface area (Å²) in [4.78, 5) is 17.3. The number of para-hydroxylation sites is 2. The number of carbonyl (C=O) groups excluding carboxylic acids is 1. The van der Waals surface area contributed by atoms with Gasteiger partial charge in [-0.05, 0) is 61.6 Å². The highest BCUT2D eigenvalue weighted by Crippen LogP contribution is 2.34. The summed E-state index contributed by atoms with van der Waals surface area (Å²) in [5.74, 6) is -0.0511. The van der Waals surface area contributed by atoms with Gasteiger partial charge in [0.05, 0.1) is 20.9 Å². The van der Waals surface area contributed by atoms with E-state index in [-0.39, 0.29) is 5.11 Å². The standard InChI is InChI=1S/C23H17Cl2N3O2S2/c1-13(30-19-11-10-14(24)12-16(19)25)21(29)28-23(31)27-17-7-3-2-6-15(17)22-26-18-8-4-5-9-20(18)32-22/h2-13H,1H3,(H2,27,28,29,31). The van der Waals surface area contributed by atoms with E-state index in [1.807, 2.05) is 48.5 Å². The predicted octanol–water partition coefficient (Wildman–Crippen LogP) is 6.55. The summed E-state index contributed by atoms with van der Waals surface area (Å²) in [6.45, 7) is 1.61. The second kappa shape index (κ2) is 9.83. The second-order valence-electron chi connectivity index (χ2n) is 6.81. The van der Waals surface area contributed by atoms with E-state index < -0.39 is 12.0 Å². The fourth-order valence-corrected chi connectivity index (χ4v) is 4.62. The van der Waals surface area contributed by atoms with E-state index >= 15 is 0 Å². The first kappa shape index (κ1) is 22.5. The Kier molecular flexibility index (Phi) is 6.91. The lowest BCUT2D eigenvalue weighted by atomic mass is 10.2. The van der Waals surface area contributed by atoms with Crippen molar-refractivity contribution in [3.8, 4) is 16.3 Å². The van der Waals surface area contributed by atoms with Gasteiger partial charge in [-0.1, -0.05) is 47.5 Å². The number of thiocarbonyl (C=S) groups is 1. The van der Waals surface area contributed by atoms with E-state index in [4.69, 9.17) is 45.1 Å². The topological polar surface area (TPSA) is 63.2 Å². The van der Waals surface area contributed by atoms with Crippen LogP contribution in [0, 0.1) is 0 Å². The quantitative estimate of drug-likeness (QED) is 0.303. The highest BCUT2D eigenvalue weighted by Gasteiger charge is 2.18. The maximum Gasteiger partial charge on any atom is 0.266 e. The molecule has 0 aliphatic heterocycles. The maximum absolute atomic E-state index is 12.6. The Balaban J connectivity index is 1.44. The molecular formula is C23H17Cl2N3O2S2. The van der Waals surface area contributed by atoms with Crippen LogP contribution in [0.2, 0.25) is 10.0 Å². The van der Waals surface area contributed by atoms with E-state index in [2.05, 4.69) is 10.6 Å². The van der Waals surface area contributed by atoms with Gasteiger partial charge in [-0.2, -0.15) is 0 Å². The molecule has 2 N–H and O–H groups in total. The molecule has 0 bridgehead atoms. The van der Waals surface area contributed by atoms with Crippen LogP contribution in [0.25, 0.3) is 20.8 Å². The number of halogens is 2. The molecule has 5 nitrogen and oxygen atoms in total. The molecular weight excluding hydrogens is 485 g/mol. The first-order valence-corrected chi connectivity index (χ1v) is 11.6. The minimum Gasteiger partial charge on any atom is -0.479 e. The molecule has 32 heavy (non-hydrogen) atoms. The molecule has 162 valence electrons. The van der Waals surface area contributed by atoms with Crippen molar-refractivity contribution in [3.05, 3.63) is 76.8 Å². The molecule has 0 radical (unpaired) electrons.